The topological polar surface area (TPSA) is 106 Å². The van der Waals surface area contributed by atoms with Crippen LogP contribution >= 0.6 is 0 Å². The molecule has 0 aliphatic heterocycles. The lowest BCUT2D eigenvalue weighted by molar-refractivity contribution is 0.0837. The predicted octanol–water partition coefficient (Wildman–Crippen LogP) is 3.15. The van der Waals surface area contributed by atoms with Crippen molar-refractivity contribution in [2.75, 3.05) is 7.05 Å². The highest BCUT2D eigenvalue weighted by atomic mass is 19.1. The Morgan fingerprint density at radius 1 is 1.17 bits per heavy atom. The molecule has 4 rings (SSSR count). The van der Waals surface area contributed by atoms with E-state index in [1.165, 1.54) is 12.5 Å². The summed E-state index contributed by atoms with van der Waals surface area (Å²) in [7, 11) is 1.88. The van der Waals surface area contributed by atoms with E-state index in [0.717, 1.165) is 12.8 Å². The third-order valence-electron chi connectivity index (χ3n) is 5.15. The number of phenolic OH excluding ortho intramolecular Hbond substituents is 1. The third-order valence-corrected chi connectivity index (χ3v) is 5.15. The van der Waals surface area contributed by atoms with E-state index in [2.05, 4.69) is 25.7 Å². The zero-order valence-electron chi connectivity index (χ0n) is 16.0. The predicted molar refractivity (Wildman–Crippen MR) is 103 cm³/mol. The molecule has 0 amide bonds. The smallest absolute Gasteiger partial charge is 0.247 e. The number of hydrogen-bond donors (Lipinski definition) is 2. The molecule has 0 radical (unpaired) electrons. The van der Waals surface area contributed by atoms with E-state index in [4.69, 9.17) is 9.15 Å². The maximum atomic E-state index is 14.4. The van der Waals surface area contributed by atoms with Gasteiger partial charge in [0.15, 0.2) is 0 Å². The lowest BCUT2D eigenvalue weighted by Gasteiger charge is -2.22. The van der Waals surface area contributed by atoms with Crippen LogP contribution in [0.4, 0.5) is 4.39 Å². The zero-order chi connectivity index (χ0) is 20.2. The molecule has 9 heteroatoms. The summed E-state index contributed by atoms with van der Waals surface area (Å²) in [5.74, 6) is 0.582. The van der Waals surface area contributed by atoms with E-state index in [1.807, 2.05) is 7.05 Å². The highest BCUT2D eigenvalue weighted by molar-refractivity contribution is 5.71. The zero-order valence-corrected chi connectivity index (χ0v) is 16.0. The van der Waals surface area contributed by atoms with Crippen LogP contribution in [0.25, 0.3) is 22.7 Å². The van der Waals surface area contributed by atoms with Crippen LogP contribution in [0.3, 0.4) is 0 Å². The number of rotatable bonds is 5. The van der Waals surface area contributed by atoms with Crippen LogP contribution in [0.5, 0.6) is 11.6 Å². The molecule has 1 aliphatic carbocycles. The highest BCUT2D eigenvalue weighted by Crippen LogP contribution is 2.32. The first-order valence-corrected chi connectivity index (χ1v) is 9.55. The van der Waals surface area contributed by atoms with Crippen LogP contribution in [0.2, 0.25) is 0 Å². The minimum absolute atomic E-state index is 0.00752. The standard InChI is InChI=1S/C20H22FN5O3/c1-22-13-3-2-4-15(21)18(10-13)29-19-8-7-16(24-25-19)14-6-5-12(9-17(14)27)20-26-23-11-28-20/h5-9,11,13,15,18,22,27H,2-4,10H2,1H3/t13?,15?,18-/m0/s1. The third kappa shape index (κ3) is 4.34. The maximum absolute atomic E-state index is 14.4. The molecule has 0 spiro atoms. The van der Waals surface area contributed by atoms with Crippen molar-refractivity contribution in [3.63, 3.8) is 0 Å². The fourth-order valence-corrected chi connectivity index (χ4v) is 3.54. The average Bonchev–Trinajstić information content (AvgIpc) is 3.21. The lowest BCUT2D eigenvalue weighted by Crippen LogP contribution is -2.35. The van der Waals surface area contributed by atoms with E-state index in [1.54, 1.807) is 24.3 Å². The molecule has 0 saturated heterocycles. The second kappa shape index (κ2) is 8.52. The van der Waals surface area contributed by atoms with Crippen LogP contribution in [0.15, 0.2) is 41.1 Å². The number of nitrogens with one attached hydrogen (secondary N) is 1. The van der Waals surface area contributed by atoms with E-state index in [-0.39, 0.29) is 17.7 Å². The number of nitrogens with zero attached hydrogens (tertiary/aromatic N) is 4. The minimum Gasteiger partial charge on any atom is -0.507 e. The molecule has 29 heavy (non-hydrogen) atoms. The molecule has 1 fully saturated rings. The van der Waals surface area contributed by atoms with Crippen molar-refractivity contribution in [2.45, 2.75) is 44.0 Å². The molecule has 0 bridgehead atoms. The number of halogens is 1. The number of hydrogen-bond acceptors (Lipinski definition) is 8. The summed E-state index contributed by atoms with van der Waals surface area (Å²) in [4.78, 5) is 0. The van der Waals surface area contributed by atoms with Gasteiger partial charge in [0, 0.05) is 29.7 Å². The van der Waals surface area contributed by atoms with E-state index in [0.29, 0.717) is 35.6 Å². The van der Waals surface area contributed by atoms with Gasteiger partial charge in [-0.1, -0.05) is 0 Å². The largest absolute Gasteiger partial charge is 0.507 e. The second-order valence-electron chi connectivity index (χ2n) is 7.06. The number of ether oxygens (including phenoxy) is 1. The Morgan fingerprint density at radius 3 is 2.76 bits per heavy atom. The summed E-state index contributed by atoms with van der Waals surface area (Å²) < 4.78 is 25.3. The van der Waals surface area contributed by atoms with Gasteiger partial charge in [0.25, 0.3) is 0 Å². The Hall–Kier alpha value is -3.07. The van der Waals surface area contributed by atoms with Crippen LogP contribution in [0, 0.1) is 0 Å². The Labute approximate surface area is 167 Å². The van der Waals surface area contributed by atoms with Gasteiger partial charge < -0.3 is 19.6 Å². The first-order chi connectivity index (χ1) is 14.1. The molecule has 2 N–H and O–H groups in total. The van der Waals surface area contributed by atoms with Gasteiger partial charge in [-0.15, -0.1) is 20.4 Å². The summed E-state index contributed by atoms with van der Waals surface area (Å²) in [5, 5.41) is 29.2. The number of benzene rings is 1. The van der Waals surface area contributed by atoms with Gasteiger partial charge in [0.1, 0.15) is 18.0 Å². The van der Waals surface area contributed by atoms with Gasteiger partial charge in [-0.05, 0) is 50.6 Å². The van der Waals surface area contributed by atoms with Gasteiger partial charge in [-0.25, -0.2) is 4.39 Å². The molecule has 3 atom stereocenters. The van der Waals surface area contributed by atoms with Crippen LogP contribution in [-0.2, 0) is 0 Å². The van der Waals surface area contributed by atoms with Crippen molar-refractivity contribution < 1.29 is 18.7 Å². The molecule has 1 aliphatic rings. The van der Waals surface area contributed by atoms with Crippen molar-refractivity contribution in [1.82, 2.24) is 25.7 Å². The van der Waals surface area contributed by atoms with E-state index in [9.17, 15) is 9.50 Å². The quantitative estimate of drug-likeness (QED) is 0.630. The Balaban J connectivity index is 1.49. The highest BCUT2D eigenvalue weighted by Gasteiger charge is 2.29. The van der Waals surface area contributed by atoms with Gasteiger partial charge >= 0.3 is 0 Å². The Bertz CT molecular complexity index is 936. The summed E-state index contributed by atoms with van der Waals surface area (Å²) in [6.07, 6.45) is 2.46. The van der Waals surface area contributed by atoms with E-state index < -0.39 is 12.3 Å². The first kappa shape index (κ1) is 19.3. The fourth-order valence-electron chi connectivity index (χ4n) is 3.54. The van der Waals surface area contributed by atoms with Crippen molar-refractivity contribution >= 4 is 0 Å². The number of alkyl halides is 1. The summed E-state index contributed by atoms with van der Waals surface area (Å²) in [6, 6.07) is 8.50. The van der Waals surface area contributed by atoms with Crippen molar-refractivity contribution in [3.8, 4) is 34.3 Å². The van der Waals surface area contributed by atoms with E-state index >= 15 is 0 Å². The van der Waals surface area contributed by atoms with Crippen LogP contribution in [0.1, 0.15) is 25.7 Å². The molecule has 2 aromatic heterocycles. The maximum Gasteiger partial charge on any atom is 0.247 e. The molecular weight excluding hydrogens is 377 g/mol. The monoisotopic (exact) mass is 399 g/mol. The molecule has 1 aromatic carbocycles. The molecule has 152 valence electrons. The SMILES string of the molecule is CNC1CCCC(F)[C@@H](Oc2ccc(-c3ccc(-c4nnco4)cc3O)nn2)C1. The molecular formula is C20H22FN5O3. The van der Waals surface area contributed by atoms with Crippen LogP contribution in [-0.4, -0.2) is 50.9 Å². The number of aromatic hydroxyl groups is 1. The molecule has 2 heterocycles. The molecule has 1 saturated carbocycles. The molecule has 2 unspecified atom stereocenters. The lowest BCUT2D eigenvalue weighted by atomic mass is 10.1. The van der Waals surface area contributed by atoms with Crippen molar-refractivity contribution in [2.24, 2.45) is 0 Å². The Kier molecular flexibility index (Phi) is 5.66. The first-order valence-electron chi connectivity index (χ1n) is 9.55. The summed E-state index contributed by atoms with van der Waals surface area (Å²) in [6.45, 7) is 0. The van der Waals surface area contributed by atoms with Gasteiger partial charge in [-0.3, -0.25) is 0 Å². The second-order valence-corrected chi connectivity index (χ2v) is 7.06. The summed E-state index contributed by atoms with van der Waals surface area (Å²) >= 11 is 0. The average molecular weight is 399 g/mol. The van der Waals surface area contributed by atoms with Gasteiger partial charge in [-0.2, -0.15) is 0 Å². The fraction of sp³-hybridized carbons (Fsp3) is 0.400. The molecule has 3 aromatic rings. The van der Waals surface area contributed by atoms with Gasteiger partial charge in [0.05, 0.1) is 5.69 Å². The minimum atomic E-state index is -1.03. The van der Waals surface area contributed by atoms with Crippen molar-refractivity contribution in [3.05, 3.63) is 36.7 Å². The molecule has 8 nitrogen and oxygen atoms in total. The normalized spacial score (nSPS) is 22.2. The number of aromatic nitrogens is 4. The number of phenols is 1. The van der Waals surface area contributed by atoms with Crippen LogP contribution < -0.4 is 10.1 Å². The summed E-state index contributed by atoms with van der Waals surface area (Å²) in [5.41, 5.74) is 1.57. The Morgan fingerprint density at radius 2 is 2.07 bits per heavy atom. The van der Waals surface area contributed by atoms with Crippen molar-refractivity contribution in [1.29, 1.82) is 0 Å². The van der Waals surface area contributed by atoms with Gasteiger partial charge in [0.2, 0.25) is 18.2 Å².